The molecule has 0 spiro atoms. The van der Waals surface area contributed by atoms with E-state index in [1.165, 1.54) is 6.07 Å². The molecule has 0 aliphatic carbocycles. The third-order valence-corrected chi connectivity index (χ3v) is 4.94. The molecule has 1 atom stereocenters. The number of ether oxygens (including phenoxy) is 1. The number of fused-ring (bicyclic) bond motifs is 2. The lowest BCUT2D eigenvalue weighted by atomic mass is 9.88. The number of aromatic hydroxyl groups is 2. The number of carbonyl (C=O) groups excluding carboxylic acids is 1. The predicted molar refractivity (Wildman–Crippen MR) is 109 cm³/mol. The molecule has 0 heterocycles. The van der Waals surface area contributed by atoms with Crippen LogP contribution < -0.4 is 5.73 Å². The molecule has 0 aromatic heterocycles. The molecular formula is C23H19NO4. The minimum absolute atomic E-state index is 0.000577. The molecular weight excluding hydrogens is 354 g/mol. The zero-order chi connectivity index (χ0) is 19.8. The van der Waals surface area contributed by atoms with Crippen molar-refractivity contribution in [2.75, 3.05) is 0 Å². The van der Waals surface area contributed by atoms with Crippen LogP contribution in [0.4, 0.5) is 4.79 Å². The van der Waals surface area contributed by atoms with Crippen LogP contribution in [0.25, 0.3) is 32.7 Å². The topological polar surface area (TPSA) is 92.8 Å². The van der Waals surface area contributed by atoms with Gasteiger partial charge in [0.25, 0.3) is 0 Å². The van der Waals surface area contributed by atoms with E-state index in [0.29, 0.717) is 21.9 Å². The summed E-state index contributed by atoms with van der Waals surface area (Å²) in [5.74, 6) is -0.0559. The Morgan fingerprint density at radius 2 is 1.54 bits per heavy atom. The molecule has 0 saturated carbocycles. The van der Waals surface area contributed by atoms with Crippen LogP contribution in [0, 0.1) is 0 Å². The summed E-state index contributed by atoms with van der Waals surface area (Å²) >= 11 is 0. The molecule has 28 heavy (non-hydrogen) atoms. The molecule has 5 heteroatoms. The van der Waals surface area contributed by atoms with E-state index in [9.17, 15) is 15.0 Å². The lowest BCUT2D eigenvalue weighted by Gasteiger charge is -2.21. The third-order valence-electron chi connectivity index (χ3n) is 4.94. The van der Waals surface area contributed by atoms with Crippen molar-refractivity contribution in [3.05, 3.63) is 72.3 Å². The zero-order valence-electron chi connectivity index (χ0n) is 15.2. The highest BCUT2D eigenvalue weighted by Crippen LogP contribution is 2.45. The Hall–Kier alpha value is -3.73. The first-order valence-electron chi connectivity index (χ1n) is 8.89. The number of hydrogen-bond acceptors (Lipinski definition) is 4. The average Bonchev–Trinajstić information content (AvgIpc) is 2.67. The molecule has 4 N–H and O–H groups in total. The SMILES string of the molecule is CC(OC(N)=O)c1c(-c2c(O)cc(O)c3ccccc23)ccc2ccccc12. The molecule has 1 amide bonds. The fraction of sp³-hybridized carbons (Fsp3) is 0.0870. The summed E-state index contributed by atoms with van der Waals surface area (Å²) < 4.78 is 5.29. The number of hydrogen-bond donors (Lipinski definition) is 3. The van der Waals surface area contributed by atoms with Gasteiger partial charge in [0, 0.05) is 22.6 Å². The Morgan fingerprint density at radius 1 is 0.893 bits per heavy atom. The predicted octanol–water partition coefficient (Wildman–Crippen LogP) is 5.23. The minimum atomic E-state index is -0.869. The summed E-state index contributed by atoms with van der Waals surface area (Å²) in [6.45, 7) is 1.75. The van der Waals surface area contributed by atoms with Crippen molar-refractivity contribution in [2.24, 2.45) is 5.73 Å². The summed E-state index contributed by atoms with van der Waals surface area (Å²) in [5, 5.41) is 24.1. The van der Waals surface area contributed by atoms with E-state index in [2.05, 4.69) is 0 Å². The highest BCUT2D eigenvalue weighted by molar-refractivity contribution is 6.05. The van der Waals surface area contributed by atoms with E-state index >= 15 is 0 Å². The van der Waals surface area contributed by atoms with Gasteiger partial charge in [-0.25, -0.2) is 4.79 Å². The fourth-order valence-electron chi connectivity index (χ4n) is 3.81. The molecule has 0 aliphatic heterocycles. The van der Waals surface area contributed by atoms with Gasteiger partial charge in [0.15, 0.2) is 0 Å². The summed E-state index contributed by atoms with van der Waals surface area (Å²) in [5.41, 5.74) is 7.27. The maximum atomic E-state index is 11.4. The first-order valence-corrected chi connectivity index (χ1v) is 8.89. The van der Waals surface area contributed by atoms with Crippen LogP contribution in [0.2, 0.25) is 0 Å². The van der Waals surface area contributed by atoms with E-state index in [1.807, 2.05) is 54.6 Å². The van der Waals surface area contributed by atoms with E-state index in [-0.39, 0.29) is 11.5 Å². The van der Waals surface area contributed by atoms with Crippen molar-refractivity contribution in [2.45, 2.75) is 13.0 Å². The second kappa shape index (κ2) is 6.78. The van der Waals surface area contributed by atoms with Gasteiger partial charge in [0.2, 0.25) is 0 Å². The first-order chi connectivity index (χ1) is 13.5. The highest BCUT2D eigenvalue weighted by atomic mass is 16.6. The third kappa shape index (κ3) is 2.87. The maximum absolute atomic E-state index is 11.4. The Balaban J connectivity index is 2.11. The van der Waals surface area contributed by atoms with Gasteiger partial charge in [-0.3, -0.25) is 0 Å². The van der Waals surface area contributed by atoms with Crippen LogP contribution in [-0.2, 0) is 4.74 Å². The van der Waals surface area contributed by atoms with Crippen molar-refractivity contribution in [1.29, 1.82) is 0 Å². The average molecular weight is 373 g/mol. The van der Waals surface area contributed by atoms with Gasteiger partial charge in [-0.05, 0) is 28.6 Å². The standard InChI is InChI=1S/C23H19NO4/c1-13(28-23(24)27)21-15-7-3-2-6-14(15)10-11-18(21)22-17-9-5-4-8-16(17)19(25)12-20(22)26/h2-13,25-26H,1H3,(H2,24,27). The lowest BCUT2D eigenvalue weighted by molar-refractivity contribution is 0.117. The van der Waals surface area contributed by atoms with E-state index < -0.39 is 12.2 Å². The van der Waals surface area contributed by atoms with E-state index in [1.54, 1.807) is 13.0 Å². The molecule has 4 aromatic carbocycles. The number of phenols is 2. The molecule has 0 bridgehead atoms. The van der Waals surface area contributed by atoms with Gasteiger partial charge < -0.3 is 20.7 Å². The van der Waals surface area contributed by atoms with Gasteiger partial charge in [0.05, 0.1) is 0 Å². The van der Waals surface area contributed by atoms with Crippen LogP contribution in [0.15, 0.2) is 66.7 Å². The van der Waals surface area contributed by atoms with Crippen molar-refractivity contribution in [3.63, 3.8) is 0 Å². The van der Waals surface area contributed by atoms with Crippen LogP contribution in [-0.4, -0.2) is 16.3 Å². The second-order valence-electron chi connectivity index (χ2n) is 6.66. The number of benzene rings is 4. The van der Waals surface area contributed by atoms with Gasteiger partial charge in [-0.1, -0.05) is 60.7 Å². The fourth-order valence-corrected chi connectivity index (χ4v) is 3.81. The molecule has 0 radical (unpaired) electrons. The Labute approximate surface area is 161 Å². The number of primary amides is 1. The molecule has 0 saturated heterocycles. The molecule has 140 valence electrons. The second-order valence-corrected chi connectivity index (χ2v) is 6.66. The number of rotatable bonds is 3. The van der Waals surface area contributed by atoms with Crippen LogP contribution in [0.1, 0.15) is 18.6 Å². The number of phenolic OH excluding ortho intramolecular Hbond substituents is 2. The number of amides is 1. The molecule has 5 nitrogen and oxygen atoms in total. The highest BCUT2D eigenvalue weighted by Gasteiger charge is 2.22. The minimum Gasteiger partial charge on any atom is -0.507 e. The van der Waals surface area contributed by atoms with Gasteiger partial charge in [0.1, 0.15) is 17.6 Å². The van der Waals surface area contributed by atoms with Crippen LogP contribution in [0.3, 0.4) is 0 Å². The van der Waals surface area contributed by atoms with Crippen molar-refractivity contribution in [3.8, 4) is 22.6 Å². The quantitative estimate of drug-likeness (QED) is 0.458. The van der Waals surface area contributed by atoms with Crippen molar-refractivity contribution >= 4 is 27.6 Å². The Bertz CT molecular complexity index is 1220. The molecule has 0 fully saturated rings. The molecule has 0 aliphatic rings. The molecule has 4 aromatic rings. The lowest BCUT2D eigenvalue weighted by Crippen LogP contribution is -2.16. The Morgan fingerprint density at radius 3 is 2.25 bits per heavy atom. The summed E-state index contributed by atoms with van der Waals surface area (Å²) in [6.07, 6.45) is -1.50. The maximum Gasteiger partial charge on any atom is 0.405 e. The molecule has 4 rings (SSSR count). The van der Waals surface area contributed by atoms with Gasteiger partial charge in [-0.2, -0.15) is 0 Å². The van der Waals surface area contributed by atoms with Crippen LogP contribution >= 0.6 is 0 Å². The number of nitrogens with two attached hydrogens (primary N) is 1. The summed E-state index contributed by atoms with van der Waals surface area (Å²) in [4.78, 5) is 11.4. The summed E-state index contributed by atoms with van der Waals surface area (Å²) in [6, 6.07) is 20.2. The normalized spacial score (nSPS) is 12.2. The number of carbonyl (C=O) groups is 1. The molecule has 1 unspecified atom stereocenters. The van der Waals surface area contributed by atoms with Gasteiger partial charge >= 0.3 is 6.09 Å². The largest absolute Gasteiger partial charge is 0.507 e. The monoisotopic (exact) mass is 373 g/mol. The smallest absolute Gasteiger partial charge is 0.405 e. The van der Waals surface area contributed by atoms with Crippen molar-refractivity contribution in [1.82, 2.24) is 0 Å². The first kappa shape index (κ1) is 17.7. The summed E-state index contributed by atoms with van der Waals surface area (Å²) in [7, 11) is 0. The van der Waals surface area contributed by atoms with Crippen molar-refractivity contribution < 1.29 is 19.7 Å². The zero-order valence-corrected chi connectivity index (χ0v) is 15.2. The van der Waals surface area contributed by atoms with Gasteiger partial charge in [-0.15, -0.1) is 0 Å². The van der Waals surface area contributed by atoms with E-state index in [4.69, 9.17) is 10.5 Å². The van der Waals surface area contributed by atoms with E-state index in [0.717, 1.165) is 16.3 Å². The van der Waals surface area contributed by atoms with Crippen LogP contribution in [0.5, 0.6) is 11.5 Å². The Kier molecular flexibility index (Phi) is 4.28.